The van der Waals surface area contributed by atoms with E-state index >= 15 is 0 Å². The lowest BCUT2D eigenvalue weighted by Gasteiger charge is -2.12. The van der Waals surface area contributed by atoms with E-state index in [0.29, 0.717) is 0 Å². The third kappa shape index (κ3) is 1.12. The molecule has 1 aliphatic heterocycles. The predicted molar refractivity (Wildman–Crippen MR) is 51.6 cm³/mol. The molecule has 2 rings (SSSR count). The van der Waals surface area contributed by atoms with Gasteiger partial charge in [0.2, 0.25) is 0 Å². The summed E-state index contributed by atoms with van der Waals surface area (Å²) in [6.45, 7) is 0. The van der Waals surface area contributed by atoms with E-state index in [-0.39, 0.29) is 0 Å². The Morgan fingerprint density at radius 2 is 2.42 bits per heavy atom. The van der Waals surface area contributed by atoms with E-state index in [1.54, 1.807) is 13.3 Å². The van der Waals surface area contributed by atoms with Crippen LogP contribution in [0.2, 0.25) is 0 Å². The first kappa shape index (κ1) is 7.73. The minimum Gasteiger partial charge on any atom is -0.496 e. The molecule has 12 heavy (non-hydrogen) atoms. The van der Waals surface area contributed by atoms with E-state index in [2.05, 4.69) is 26.1 Å². The Kier molecular flexibility index (Phi) is 1.84. The van der Waals surface area contributed by atoms with E-state index in [4.69, 9.17) is 4.74 Å². The van der Waals surface area contributed by atoms with Crippen LogP contribution in [0, 0.1) is 0 Å². The molecule has 62 valence electrons. The lowest BCUT2D eigenvalue weighted by Crippen LogP contribution is -2.07. The second kappa shape index (κ2) is 2.86. The Hall–Kier alpha value is -0.900. The van der Waals surface area contributed by atoms with Gasteiger partial charge in [0, 0.05) is 16.5 Å². The molecule has 0 aromatic rings. The first-order valence-corrected chi connectivity index (χ1v) is 4.35. The fourth-order valence-corrected chi connectivity index (χ4v) is 1.72. The van der Waals surface area contributed by atoms with Gasteiger partial charge in [-0.2, -0.15) is 10.2 Å². The lowest BCUT2D eigenvalue weighted by molar-refractivity contribution is 0.304. The fourth-order valence-electron chi connectivity index (χ4n) is 1.17. The van der Waals surface area contributed by atoms with Gasteiger partial charge in [0.15, 0.2) is 0 Å². The van der Waals surface area contributed by atoms with Crippen molar-refractivity contribution < 1.29 is 4.74 Å². The van der Waals surface area contributed by atoms with Gasteiger partial charge in [0.05, 0.1) is 19.0 Å². The lowest BCUT2D eigenvalue weighted by atomic mass is 10.0. The normalized spacial score (nSPS) is 20.5. The summed E-state index contributed by atoms with van der Waals surface area (Å²) in [5.41, 5.74) is 2.05. The molecule has 1 aliphatic carbocycles. The number of rotatable bonds is 1. The van der Waals surface area contributed by atoms with Gasteiger partial charge in [-0.15, -0.1) is 0 Å². The largest absolute Gasteiger partial charge is 0.496 e. The maximum Gasteiger partial charge on any atom is 0.130 e. The van der Waals surface area contributed by atoms with Crippen molar-refractivity contribution in [2.24, 2.45) is 10.2 Å². The summed E-state index contributed by atoms with van der Waals surface area (Å²) < 4.78 is 6.18. The van der Waals surface area contributed by atoms with Crippen molar-refractivity contribution in [3.05, 3.63) is 21.9 Å². The van der Waals surface area contributed by atoms with Crippen molar-refractivity contribution in [2.75, 3.05) is 7.11 Å². The van der Waals surface area contributed by atoms with Crippen LogP contribution in [0.5, 0.6) is 0 Å². The molecule has 0 unspecified atom stereocenters. The topological polar surface area (TPSA) is 34.0 Å². The van der Waals surface area contributed by atoms with E-state index in [0.717, 1.165) is 27.9 Å². The predicted octanol–water partition coefficient (Wildman–Crippen LogP) is 2.01. The number of hydrogen-bond donors (Lipinski definition) is 0. The van der Waals surface area contributed by atoms with Crippen molar-refractivity contribution in [1.82, 2.24) is 0 Å². The molecule has 4 heteroatoms. The van der Waals surface area contributed by atoms with Gasteiger partial charge >= 0.3 is 0 Å². The molecule has 3 nitrogen and oxygen atoms in total. The molecule has 1 heterocycles. The summed E-state index contributed by atoms with van der Waals surface area (Å²) >= 11 is 3.43. The van der Waals surface area contributed by atoms with Gasteiger partial charge in [0.1, 0.15) is 5.76 Å². The van der Waals surface area contributed by atoms with Crippen LogP contribution in [0.25, 0.3) is 0 Å². The molecular formula is C8H7BrN2O. The summed E-state index contributed by atoms with van der Waals surface area (Å²) in [6.07, 6.45) is 4.45. The second-order valence-electron chi connectivity index (χ2n) is 2.54. The van der Waals surface area contributed by atoms with Crippen LogP contribution < -0.4 is 0 Å². The Bertz CT molecular complexity index is 339. The van der Waals surface area contributed by atoms with Crippen LogP contribution >= 0.6 is 15.9 Å². The number of nitrogens with zero attached hydrogens (tertiary/aromatic N) is 2. The third-order valence-electron chi connectivity index (χ3n) is 1.81. The first-order chi connectivity index (χ1) is 5.81. The van der Waals surface area contributed by atoms with Crippen LogP contribution in [0.3, 0.4) is 0 Å². The molecular weight excluding hydrogens is 220 g/mol. The maximum atomic E-state index is 5.15. The molecule has 0 spiro atoms. The molecule has 0 fully saturated rings. The summed E-state index contributed by atoms with van der Waals surface area (Å²) in [4.78, 5) is 0. The molecule has 0 amide bonds. The standard InChI is InChI=1S/C8H7BrN2O/c1-12-8-2-5-4-10-11-7(5)3-6(8)9/h2,4H,3H2,1H3. The quantitative estimate of drug-likeness (QED) is 0.674. The van der Waals surface area contributed by atoms with Crippen molar-refractivity contribution >= 4 is 27.9 Å². The molecule has 2 aliphatic rings. The number of halogens is 1. The van der Waals surface area contributed by atoms with Crippen molar-refractivity contribution in [1.29, 1.82) is 0 Å². The average molecular weight is 227 g/mol. The number of ether oxygens (including phenoxy) is 1. The van der Waals surface area contributed by atoms with E-state index in [9.17, 15) is 0 Å². The minimum atomic E-state index is 0.773. The smallest absolute Gasteiger partial charge is 0.130 e. The average Bonchev–Trinajstić information content (AvgIpc) is 2.49. The molecule has 0 N–H and O–H groups in total. The van der Waals surface area contributed by atoms with Crippen molar-refractivity contribution in [2.45, 2.75) is 6.42 Å². The van der Waals surface area contributed by atoms with Gasteiger partial charge in [-0.05, 0) is 6.08 Å². The monoisotopic (exact) mass is 226 g/mol. The van der Waals surface area contributed by atoms with E-state index in [1.165, 1.54) is 0 Å². The maximum absolute atomic E-state index is 5.15. The minimum absolute atomic E-state index is 0.773. The van der Waals surface area contributed by atoms with Crippen LogP contribution in [-0.2, 0) is 4.74 Å². The number of allylic oxidation sites excluding steroid dienone is 3. The zero-order chi connectivity index (χ0) is 8.55. The van der Waals surface area contributed by atoms with E-state index < -0.39 is 0 Å². The zero-order valence-electron chi connectivity index (χ0n) is 6.54. The highest BCUT2D eigenvalue weighted by atomic mass is 79.9. The van der Waals surface area contributed by atoms with Crippen LogP contribution in [0.15, 0.2) is 32.1 Å². The highest BCUT2D eigenvalue weighted by molar-refractivity contribution is 9.11. The number of methoxy groups -OCH3 is 1. The van der Waals surface area contributed by atoms with Crippen LogP contribution in [0.4, 0.5) is 0 Å². The molecule has 0 radical (unpaired) electrons. The van der Waals surface area contributed by atoms with E-state index in [1.807, 2.05) is 6.08 Å². The third-order valence-corrected chi connectivity index (χ3v) is 2.48. The fraction of sp³-hybridized carbons (Fsp3) is 0.250. The molecule has 0 saturated heterocycles. The zero-order valence-corrected chi connectivity index (χ0v) is 8.13. The first-order valence-electron chi connectivity index (χ1n) is 3.56. The summed E-state index contributed by atoms with van der Waals surface area (Å²) in [7, 11) is 1.65. The molecule has 0 aromatic carbocycles. The van der Waals surface area contributed by atoms with Gasteiger partial charge < -0.3 is 4.74 Å². The Labute approximate surface area is 78.6 Å². The highest BCUT2D eigenvalue weighted by Gasteiger charge is 2.19. The SMILES string of the molecule is COC1=C(Br)CC2=NN=CC2=C1. The molecule has 0 bridgehead atoms. The summed E-state index contributed by atoms with van der Waals surface area (Å²) in [5.74, 6) is 0.859. The second-order valence-corrected chi connectivity index (χ2v) is 3.50. The highest BCUT2D eigenvalue weighted by Crippen LogP contribution is 2.27. The van der Waals surface area contributed by atoms with Gasteiger partial charge in [0.25, 0.3) is 0 Å². The molecule has 0 saturated carbocycles. The summed E-state index contributed by atoms with van der Waals surface area (Å²) in [6, 6.07) is 0. The molecule has 0 atom stereocenters. The summed E-state index contributed by atoms with van der Waals surface area (Å²) in [5, 5.41) is 7.80. The van der Waals surface area contributed by atoms with Gasteiger partial charge in [-0.1, -0.05) is 15.9 Å². The number of fused-ring (bicyclic) bond motifs is 1. The van der Waals surface area contributed by atoms with Gasteiger partial charge in [-0.25, -0.2) is 0 Å². The Morgan fingerprint density at radius 3 is 3.17 bits per heavy atom. The number of hydrogen-bond acceptors (Lipinski definition) is 3. The van der Waals surface area contributed by atoms with Crippen LogP contribution in [-0.4, -0.2) is 19.0 Å². The van der Waals surface area contributed by atoms with Crippen LogP contribution in [0.1, 0.15) is 6.42 Å². The van der Waals surface area contributed by atoms with Gasteiger partial charge in [-0.3, -0.25) is 0 Å². The molecule has 0 aromatic heterocycles. The Balaban J connectivity index is 2.39. The van der Waals surface area contributed by atoms with Crippen molar-refractivity contribution in [3.8, 4) is 0 Å². The Morgan fingerprint density at radius 1 is 1.58 bits per heavy atom. The van der Waals surface area contributed by atoms with Crippen molar-refractivity contribution in [3.63, 3.8) is 0 Å².